The Kier molecular flexibility index (Phi) is 7.21. The maximum atomic E-state index is 15.1. The highest BCUT2D eigenvalue weighted by Crippen LogP contribution is 2.55. The van der Waals surface area contributed by atoms with Crippen LogP contribution in [-0.4, -0.2) is 22.0 Å². The topological polar surface area (TPSA) is 96.6 Å². The Morgan fingerprint density at radius 1 is 0.894 bits per heavy atom. The first-order valence-electron chi connectivity index (χ1n) is 14.6. The molecule has 0 saturated carbocycles. The van der Waals surface area contributed by atoms with E-state index in [0.717, 1.165) is 28.0 Å². The van der Waals surface area contributed by atoms with E-state index in [0.29, 0.717) is 31.4 Å². The van der Waals surface area contributed by atoms with E-state index in [1.807, 2.05) is 49.4 Å². The van der Waals surface area contributed by atoms with Crippen LogP contribution in [-0.2, 0) is 22.6 Å². The van der Waals surface area contributed by atoms with Gasteiger partial charge in [-0.15, -0.1) is 10.2 Å². The monoisotopic (exact) mass is 696 g/mol. The van der Waals surface area contributed by atoms with Gasteiger partial charge in [-0.3, -0.25) is 19.3 Å². The molecule has 47 heavy (non-hydrogen) atoms. The summed E-state index contributed by atoms with van der Waals surface area (Å²) in [5, 5.41) is 10.3. The van der Waals surface area contributed by atoms with Gasteiger partial charge in [-0.1, -0.05) is 107 Å². The predicted molar refractivity (Wildman–Crippen MR) is 185 cm³/mol. The average Bonchev–Trinajstić information content (AvgIpc) is 3.71. The summed E-state index contributed by atoms with van der Waals surface area (Å²) in [6.45, 7) is 2.22. The van der Waals surface area contributed by atoms with Crippen molar-refractivity contribution < 1.29 is 14.0 Å². The Morgan fingerprint density at radius 3 is 2.49 bits per heavy atom. The molecule has 0 saturated heterocycles. The van der Waals surface area contributed by atoms with E-state index in [-0.39, 0.29) is 34.0 Å². The van der Waals surface area contributed by atoms with Crippen molar-refractivity contribution in [3.8, 4) is 0 Å². The molecule has 2 aliphatic rings. The standard InChI is InChI=1S/C35H22Cl2N4O4S2/c1-19-8-2-3-9-20(19)17-40-26-12-6-5-11-24(26)35(32(40)44)28-29(42)23-10-4-7-13-27(23)45-30(28)31(43)41(35)33-38-39-34(47-33)46-18-21-14-15-22(36)16-25(21)37/h2-16H,17-18H2,1H3. The molecule has 12 heteroatoms. The first-order valence-corrected chi connectivity index (χ1v) is 17.1. The number of para-hydroxylation sites is 2. The predicted octanol–water partition coefficient (Wildman–Crippen LogP) is 8.00. The Hall–Kier alpha value is -4.48. The summed E-state index contributed by atoms with van der Waals surface area (Å²) in [6, 6.07) is 27.1. The highest BCUT2D eigenvalue weighted by atomic mass is 35.5. The molecule has 0 bridgehead atoms. The molecule has 1 spiro atoms. The zero-order valence-corrected chi connectivity index (χ0v) is 27.7. The zero-order valence-electron chi connectivity index (χ0n) is 24.6. The molecule has 6 aromatic rings. The van der Waals surface area contributed by atoms with Gasteiger partial charge >= 0.3 is 0 Å². The van der Waals surface area contributed by atoms with Gasteiger partial charge in [-0.2, -0.15) is 0 Å². The second-order valence-corrected chi connectivity index (χ2v) is 14.2. The van der Waals surface area contributed by atoms with Crippen molar-refractivity contribution in [3.63, 3.8) is 0 Å². The smallest absolute Gasteiger partial charge is 0.297 e. The van der Waals surface area contributed by atoms with E-state index in [1.54, 1.807) is 53.4 Å². The van der Waals surface area contributed by atoms with Crippen LogP contribution in [0, 0.1) is 6.92 Å². The van der Waals surface area contributed by atoms with Crippen LogP contribution in [0.15, 0.2) is 105 Å². The molecule has 4 heterocycles. The van der Waals surface area contributed by atoms with E-state index >= 15 is 4.79 Å². The minimum absolute atomic E-state index is 0.0247. The largest absolute Gasteiger partial charge is 0.450 e. The summed E-state index contributed by atoms with van der Waals surface area (Å²) in [5.41, 5.74) is 1.80. The maximum absolute atomic E-state index is 15.1. The third kappa shape index (κ3) is 4.54. The van der Waals surface area contributed by atoms with Crippen LogP contribution in [0.5, 0.6) is 0 Å². The van der Waals surface area contributed by atoms with Gasteiger partial charge in [-0.05, 0) is 53.9 Å². The number of thioether (sulfide) groups is 1. The number of carbonyl (C=O) groups is 2. The van der Waals surface area contributed by atoms with Gasteiger partial charge in [0.05, 0.1) is 23.2 Å². The van der Waals surface area contributed by atoms with Gasteiger partial charge in [0, 0.05) is 21.4 Å². The first-order chi connectivity index (χ1) is 22.8. The second kappa shape index (κ2) is 11.3. The van der Waals surface area contributed by atoms with E-state index in [2.05, 4.69) is 10.2 Å². The van der Waals surface area contributed by atoms with Crippen molar-refractivity contribution in [1.29, 1.82) is 0 Å². The highest BCUT2D eigenvalue weighted by Gasteiger charge is 2.66. The van der Waals surface area contributed by atoms with Crippen molar-refractivity contribution >= 4 is 79.9 Å². The number of halogens is 2. The van der Waals surface area contributed by atoms with Crippen molar-refractivity contribution in [2.45, 2.75) is 29.1 Å². The molecular weight excluding hydrogens is 675 g/mol. The van der Waals surface area contributed by atoms with Gasteiger partial charge < -0.3 is 9.32 Å². The van der Waals surface area contributed by atoms with Crippen LogP contribution in [0.4, 0.5) is 10.8 Å². The summed E-state index contributed by atoms with van der Waals surface area (Å²) in [4.78, 5) is 47.0. The number of benzene rings is 4. The lowest BCUT2D eigenvalue weighted by molar-refractivity contribution is -0.121. The highest BCUT2D eigenvalue weighted by molar-refractivity contribution is 8.00. The normalized spacial score (nSPS) is 16.8. The quantitative estimate of drug-likeness (QED) is 0.129. The lowest BCUT2D eigenvalue weighted by Crippen LogP contribution is -2.53. The Balaban J connectivity index is 1.31. The average molecular weight is 698 g/mol. The van der Waals surface area contributed by atoms with Crippen molar-refractivity contribution in [2.75, 3.05) is 9.80 Å². The molecule has 2 aliphatic heterocycles. The molecule has 2 amide bonds. The molecule has 0 fully saturated rings. The molecule has 4 aromatic carbocycles. The molecule has 0 N–H and O–H groups in total. The van der Waals surface area contributed by atoms with Crippen LogP contribution in [0.25, 0.3) is 11.0 Å². The number of aromatic nitrogens is 2. The van der Waals surface area contributed by atoms with Crippen LogP contribution in [0.2, 0.25) is 10.0 Å². The van der Waals surface area contributed by atoms with E-state index in [1.165, 1.54) is 16.7 Å². The number of anilines is 2. The number of nitrogens with zero attached hydrogens (tertiary/aromatic N) is 4. The maximum Gasteiger partial charge on any atom is 0.297 e. The van der Waals surface area contributed by atoms with Crippen LogP contribution < -0.4 is 15.2 Å². The lowest BCUT2D eigenvalue weighted by atomic mass is 9.84. The van der Waals surface area contributed by atoms with E-state index in [9.17, 15) is 9.59 Å². The number of rotatable bonds is 6. The third-order valence-corrected chi connectivity index (χ3v) is 11.3. The number of aryl methyl sites for hydroxylation is 1. The number of fused-ring (bicyclic) bond motifs is 5. The third-order valence-electron chi connectivity index (χ3n) is 8.57. The number of amides is 2. The van der Waals surface area contributed by atoms with E-state index in [4.69, 9.17) is 27.6 Å². The van der Waals surface area contributed by atoms with E-state index < -0.39 is 22.8 Å². The molecular formula is C35H22Cl2N4O4S2. The molecule has 1 atom stereocenters. The van der Waals surface area contributed by atoms with Crippen molar-refractivity contribution in [2.24, 2.45) is 0 Å². The molecule has 2 aromatic heterocycles. The molecule has 0 radical (unpaired) electrons. The Labute approximate surface area is 286 Å². The van der Waals surface area contributed by atoms with Gasteiger partial charge in [-0.25, -0.2) is 0 Å². The number of carbonyl (C=O) groups excluding carboxylic acids is 2. The Bertz CT molecular complexity index is 2340. The fourth-order valence-electron chi connectivity index (χ4n) is 6.35. The van der Waals surface area contributed by atoms with Crippen LogP contribution >= 0.6 is 46.3 Å². The molecule has 8 nitrogen and oxygen atoms in total. The summed E-state index contributed by atoms with van der Waals surface area (Å²) in [5.74, 6) is -0.806. The van der Waals surface area contributed by atoms with Gasteiger partial charge in [0.15, 0.2) is 15.3 Å². The first kappa shape index (κ1) is 29.9. The molecule has 1 unspecified atom stereocenters. The van der Waals surface area contributed by atoms with Gasteiger partial charge in [0.25, 0.3) is 11.8 Å². The van der Waals surface area contributed by atoms with Crippen LogP contribution in [0.1, 0.15) is 38.4 Å². The van der Waals surface area contributed by atoms with Crippen LogP contribution in [0.3, 0.4) is 0 Å². The molecule has 232 valence electrons. The second-order valence-electron chi connectivity index (χ2n) is 11.2. The Morgan fingerprint density at radius 2 is 1.66 bits per heavy atom. The zero-order chi connectivity index (χ0) is 32.4. The summed E-state index contributed by atoms with van der Waals surface area (Å²) < 4.78 is 6.72. The summed E-state index contributed by atoms with van der Waals surface area (Å²) in [6.07, 6.45) is 0. The van der Waals surface area contributed by atoms with Crippen molar-refractivity contribution in [1.82, 2.24) is 10.2 Å². The summed E-state index contributed by atoms with van der Waals surface area (Å²) in [7, 11) is 0. The summed E-state index contributed by atoms with van der Waals surface area (Å²) >= 11 is 15.0. The number of hydrogen-bond donors (Lipinski definition) is 0. The molecule has 8 rings (SSSR count). The fraction of sp³-hybridized carbons (Fsp3) is 0.114. The molecule has 0 aliphatic carbocycles. The fourth-order valence-corrected chi connectivity index (χ4v) is 8.80. The SMILES string of the molecule is Cc1ccccc1CN1C(=O)C2(c3ccccc31)c1c(oc3ccccc3c1=O)C(=O)N2c1nnc(SCc2ccc(Cl)cc2Cl)s1. The van der Waals surface area contributed by atoms with Gasteiger partial charge in [0.2, 0.25) is 10.9 Å². The number of hydrogen-bond acceptors (Lipinski definition) is 8. The lowest BCUT2D eigenvalue weighted by Gasteiger charge is -2.32. The minimum Gasteiger partial charge on any atom is -0.450 e. The van der Waals surface area contributed by atoms with Crippen molar-refractivity contribution in [3.05, 3.63) is 145 Å². The van der Waals surface area contributed by atoms with Gasteiger partial charge in [0.1, 0.15) is 5.58 Å². The minimum atomic E-state index is -1.86.